The van der Waals surface area contributed by atoms with E-state index in [0.29, 0.717) is 16.9 Å². The minimum atomic E-state index is -0.171. The van der Waals surface area contributed by atoms with Crippen LogP contribution in [0.1, 0.15) is 27.0 Å². The fourth-order valence-electron chi connectivity index (χ4n) is 1.96. The van der Waals surface area contributed by atoms with Gasteiger partial charge in [0.2, 0.25) is 0 Å². The number of carbonyl (C=O) groups excluding carboxylic acids is 1. The molecule has 2 rings (SSSR count). The van der Waals surface area contributed by atoms with Gasteiger partial charge in [-0.15, -0.1) is 0 Å². The van der Waals surface area contributed by atoms with Crippen molar-refractivity contribution in [2.24, 2.45) is 0 Å². The maximum atomic E-state index is 12.3. The summed E-state index contributed by atoms with van der Waals surface area (Å²) in [6.07, 6.45) is 0. The van der Waals surface area contributed by atoms with Gasteiger partial charge in [-0.1, -0.05) is 12.1 Å². The first-order valence-electron chi connectivity index (χ1n) is 6.33. The maximum absolute atomic E-state index is 12.3. The summed E-state index contributed by atoms with van der Waals surface area (Å²) in [6.45, 7) is 5.94. The highest BCUT2D eigenvalue weighted by Gasteiger charge is 2.13. The highest BCUT2D eigenvalue weighted by Crippen LogP contribution is 2.26. The molecule has 0 atom stereocenters. The summed E-state index contributed by atoms with van der Waals surface area (Å²) in [5, 5.41) is 2.87. The number of hydrogen-bond donors (Lipinski definition) is 2. The van der Waals surface area contributed by atoms with Gasteiger partial charge in [0.15, 0.2) is 0 Å². The third kappa shape index (κ3) is 2.85. The molecule has 2 aromatic rings. The minimum Gasteiger partial charge on any atom is -0.397 e. The first kappa shape index (κ1) is 14.6. The predicted molar refractivity (Wildman–Crippen MR) is 87.2 cm³/mol. The molecular formula is C16H17BrN2O. The van der Waals surface area contributed by atoms with Gasteiger partial charge in [-0.2, -0.15) is 0 Å². The molecule has 1 amide bonds. The van der Waals surface area contributed by atoms with Crippen molar-refractivity contribution in [3.8, 4) is 0 Å². The van der Waals surface area contributed by atoms with E-state index in [1.807, 2.05) is 45.0 Å². The lowest BCUT2D eigenvalue weighted by atomic mass is 10.1. The molecule has 104 valence electrons. The molecule has 0 aromatic heterocycles. The summed E-state index contributed by atoms with van der Waals surface area (Å²) < 4.78 is 0.805. The molecule has 4 heteroatoms. The molecule has 0 aliphatic heterocycles. The van der Waals surface area contributed by atoms with Crippen LogP contribution in [0, 0.1) is 20.8 Å². The molecule has 0 saturated carbocycles. The molecule has 0 radical (unpaired) electrons. The Morgan fingerprint density at radius 3 is 2.45 bits per heavy atom. The van der Waals surface area contributed by atoms with Crippen molar-refractivity contribution < 1.29 is 4.79 Å². The molecule has 0 aliphatic rings. The van der Waals surface area contributed by atoms with E-state index < -0.39 is 0 Å². The lowest BCUT2D eigenvalue weighted by Crippen LogP contribution is -2.14. The van der Waals surface area contributed by atoms with E-state index in [4.69, 9.17) is 5.73 Å². The Hall–Kier alpha value is -1.81. The average Bonchev–Trinajstić information content (AvgIpc) is 2.39. The number of nitrogen functional groups attached to an aromatic ring is 1. The lowest BCUT2D eigenvalue weighted by Gasteiger charge is -2.12. The first-order valence-corrected chi connectivity index (χ1v) is 7.12. The minimum absolute atomic E-state index is 0.171. The number of aryl methyl sites for hydroxylation is 3. The number of benzene rings is 2. The van der Waals surface area contributed by atoms with Crippen LogP contribution in [0.25, 0.3) is 0 Å². The summed E-state index contributed by atoms with van der Waals surface area (Å²) in [5.74, 6) is -0.171. The van der Waals surface area contributed by atoms with Crippen LogP contribution in [-0.4, -0.2) is 5.91 Å². The largest absolute Gasteiger partial charge is 0.397 e. The highest BCUT2D eigenvalue weighted by molar-refractivity contribution is 9.10. The molecule has 0 unspecified atom stereocenters. The number of amides is 1. The second-order valence-electron chi connectivity index (χ2n) is 4.91. The van der Waals surface area contributed by atoms with E-state index in [0.717, 1.165) is 21.2 Å². The normalized spacial score (nSPS) is 10.4. The van der Waals surface area contributed by atoms with Crippen LogP contribution in [0.5, 0.6) is 0 Å². The number of rotatable bonds is 2. The van der Waals surface area contributed by atoms with Crippen molar-refractivity contribution in [2.45, 2.75) is 20.8 Å². The topological polar surface area (TPSA) is 55.1 Å². The average molecular weight is 333 g/mol. The third-order valence-electron chi connectivity index (χ3n) is 3.35. The molecule has 0 aliphatic carbocycles. The van der Waals surface area contributed by atoms with Crippen LogP contribution in [0.15, 0.2) is 34.8 Å². The zero-order valence-corrected chi connectivity index (χ0v) is 13.3. The van der Waals surface area contributed by atoms with E-state index >= 15 is 0 Å². The molecule has 20 heavy (non-hydrogen) atoms. The molecule has 0 bridgehead atoms. The third-order valence-corrected chi connectivity index (χ3v) is 4.40. The zero-order chi connectivity index (χ0) is 14.9. The van der Waals surface area contributed by atoms with Crippen LogP contribution in [0.4, 0.5) is 11.4 Å². The quantitative estimate of drug-likeness (QED) is 0.809. The van der Waals surface area contributed by atoms with Gasteiger partial charge in [-0.25, -0.2) is 0 Å². The fourth-order valence-corrected chi connectivity index (χ4v) is 2.40. The summed E-state index contributed by atoms with van der Waals surface area (Å²) in [5.41, 5.74) is 11.0. The van der Waals surface area contributed by atoms with E-state index in [1.54, 1.807) is 6.07 Å². The van der Waals surface area contributed by atoms with Crippen molar-refractivity contribution >= 4 is 33.2 Å². The Kier molecular flexibility index (Phi) is 4.14. The van der Waals surface area contributed by atoms with Gasteiger partial charge < -0.3 is 11.1 Å². The Bertz CT molecular complexity index is 680. The van der Waals surface area contributed by atoms with Crippen LogP contribution < -0.4 is 11.1 Å². The molecule has 3 nitrogen and oxygen atoms in total. The zero-order valence-electron chi connectivity index (χ0n) is 11.8. The standard InChI is InChI=1S/C16H17BrN2O/c1-9-5-4-6-12(15(9)17)16(20)19-14-8-11(3)10(2)7-13(14)18/h4-8H,18H2,1-3H3,(H,19,20). The van der Waals surface area contributed by atoms with Crippen molar-refractivity contribution in [1.82, 2.24) is 0 Å². The van der Waals surface area contributed by atoms with E-state index in [1.165, 1.54) is 0 Å². The highest BCUT2D eigenvalue weighted by atomic mass is 79.9. The maximum Gasteiger partial charge on any atom is 0.256 e. The van der Waals surface area contributed by atoms with Gasteiger partial charge in [0.25, 0.3) is 5.91 Å². The van der Waals surface area contributed by atoms with Gasteiger partial charge >= 0.3 is 0 Å². The molecule has 2 aromatic carbocycles. The first-order chi connectivity index (χ1) is 9.40. The van der Waals surface area contributed by atoms with E-state index in [-0.39, 0.29) is 5.91 Å². The number of anilines is 2. The van der Waals surface area contributed by atoms with Gasteiger partial charge in [-0.3, -0.25) is 4.79 Å². The second kappa shape index (κ2) is 5.67. The number of nitrogens with two attached hydrogens (primary N) is 1. The Balaban J connectivity index is 2.33. The number of carbonyl (C=O) groups is 1. The molecule has 0 fully saturated rings. The molecule has 0 spiro atoms. The summed E-state index contributed by atoms with van der Waals surface area (Å²) >= 11 is 3.45. The van der Waals surface area contributed by atoms with Gasteiger partial charge in [0.05, 0.1) is 16.9 Å². The molecule has 3 N–H and O–H groups in total. The van der Waals surface area contributed by atoms with E-state index in [2.05, 4.69) is 21.2 Å². The second-order valence-corrected chi connectivity index (χ2v) is 5.71. The van der Waals surface area contributed by atoms with Gasteiger partial charge in [0.1, 0.15) is 0 Å². The van der Waals surface area contributed by atoms with Crippen LogP contribution in [0.2, 0.25) is 0 Å². The molecular weight excluding hydrogens is 316 g/mol. The smallest absolute Gasteiger partial charge is 0.256 e. The van der Waals surface area contributed by atoms with Crippen molar-refractivity contribution in [2.75, 3.05) is 11.1 Å². The van der Waals surface area contributed by atoms with Gasteiger partial charge in [0, 0.05) is 4.47 Å². The monoisotopic (exact) mass is 332 g/mol. The predicted octanol–water partition coefficient (Wildman–Crippen LogP) is 4.21. The Morgan fingerprint density at radius 1 is 1.10 bits per heavy atom. The van der Waals surface area contributed by atoms with Crippen molar-refractivity contribution in [3.63, 3.8) is 0 Å². The summed E-state index contributed by atoms with van der Waals surface area (Å²) in [4.78, 5) is 12.3. The fraction of sp³-hybridized carbons (Fsp3) is 0.188. The Labute approximate surface area is 127 Å². The van der Waals surface area contributed by atoms with Crippen LogP contribution >= 0.6 is 15.9 Å². The van der Waals surface area contributed by atoms with Crippen molar-refractivity contribution in [3.05, 3.63) is 57.1 Å². The summed E-state index contributed by atoms with van der Waals surface area (Å²) in [7, 11) is 0. The summed E-state index contributed by atoms with van der Waals surface area (Å²) in [6, 6.07) is 9.36. The van der Waals surface area contributed by atoms with Gasteiger partial charge in [-0.05, 0) is 71.6 Å². The molecule has 0 heterocycles. The molecule has 0 saturated heterocycles. The number of hydrogen-bond acceptors (Lipinski definition) is 2. The number of nitrogens with one attached hydrogen (secondary N) is 1. The Morgan fingerprint density at radius 2 is 1.75 bits per heavy atom. The van der Waals surface area contributed by atoms with Crippen LogP contribution in [0.3, 0.4) is 0 Å². The lowest BCUT2D eigenvalue weighted by molar-refractivity contribution is 0.102. The van der Waals surface area contributed by atoms with Crippen LogP contribution in [-0.2, 0) is 0 Å². The van der Waals surface area contributed by atoms with E-state index in [9.17, 15) is 4.79 Å². The SMILES string of the molecule is Cc1cc(N)c(NC(=O)c2cccc(C)c2Br)cc1C. The number of halogens is 1. The van der Waals surface area contributed by atoms with Crippen molar-refractivity contribution in [1.29, 1.82) is 0 Å².